The molecule has 16 heavy (non-hydrogen) atoms. The second-order valence-corrected chi connectivity index (χ2v) is 4.44. The van der Waals surface area contributed by atoms with Crippen molar-refractivity contribution in [2.45, 2.75) is 13.8 Å². The number of hydrogen-bond acceptors (Lipinski definition) is 4. The quantitative estimate of drug-likeness (QED) is 0.690. The molecule has 1 amide bonds. The minimum atomic E-state index is -0.341. The topological polar surface area (TPSA) is 88.2 Å². The van der Waals surface area contributed by atoms with Crippen LogP contribution in [0.1, 0.15) is 24.2 Å². The molecule has 0 atom stereocenters. The molecule has 0 aliphatic heterocycles. The van der Waals surface area contributed by atoms with Crippen LogP contribution in [0.2, 0.25) is 0 Å². The van der Waals surface area contributed by atoms with E-state index in [1.807, 2.05) is 13.8 Å². The zero-order valence-corrected chi connectivity index (χ0v) is 9.53. The monoisotopic (exact) mass is 223 g/mol. The third kappa shape index (κ3) is 3.20. The Balaban J connectivity index is 2.64. The first kappa shape index (κ1) is 12.4. The Kier molecular flexibility index (Phi) is 3.84. The molecule has 4 N–H and O–H groups in total. The van der Waals surface area contributed by atoms with E-state index in [1.165, 1.54) is 6.20 Å². The van der Waals surface area contributed by atoms with Gasteiger partial charge in [-0.3, -0.25) is 4.79 Å². The van der Waals surface area contributed by atoms with E-state index >= 15 is 0 Å². The maximum Gasteiger partial charge on any atom is 0.255 e. The number of aliphatic hydroxyl groups is 1. The summed E-state index contributed by atoms with van der Waals surface area (Å²) < 4.78 is 0. The van der Waals surface area contributed by atoms with Gasteiger partial charge < -0.3 is 16.2 Å². The summed E-state index contributed by atoms with van der Waals surface area (Å²) in [4.78, 5) is 15.5. The van der Waals surface area contributed by atoms with Crippen molar-refractivity contribution in [1.82, 2.24) is 10.3 Å². The predicted octanol–water partition coefficient (Wildman–Crippen LogP) is 0.412. The number of aliphatic hydroxyl groups excluding tert-OH is 1. The summed E-state index contributed by atoms with van der Waals surface area (Å²) in [6.45, 7) is 4.12. The highest BCUT2D eigenvalue weighted by molar-refractivity contribution is 5.98. The number of anilines is 1. The maximum atomic E-state index is 11.7. The summed E-state index contributed by atoms with van der Waals surface area (Å²) in [7, 11) is 0. The lowest BCUT2D eigenvalue weighted by Crippen LogP contribution is -2.36. The number of nitrogens with one attached hydrogen (secondary N) is 1. The van der Waals surface area contributed by atoms with Crippen molar-refractivity contribution in [3.63, 3.8) is 0 Å². The lowest BCUT2D eigenvalue weighted by molar-refractivity contribution is 0.0911. The Morgan fingerprint density at radius 1 is 1.62 bits per heavy atom. The fourth-order valence-electron chi connectivity index (χ4n) is 1.08. The number of aromatic nitrogens is 1. The molecule has 0 spiro atoms. The summed E-state index contributed by atoms with van der Waals surface area (Å²) in [5.74, 6) is -0.0612. The van der Waals surface area contributed by atoms with Crippen molar-refractivity contribution < 1.29 is 9.90 Å². The summed E-state index contributed by atoms with van der Waals surface area (Å²) >= 11 is 0. The molecule has 0 aliphatic carbocycles. The first-order chi connectivity index (χ1) is 7.46. The third-order valence-corrected chi connectivity index (χ3v) is 2.24. The molecule has 1 heterocycles. The second kappa shape index (κ2) is 4.94. The van der Waals surface area contributed by atoms with Crippen molar-refractivity contribution in [3.8, 4) is 0 Å². The van der Waals surface area contributed by atoms with Crippen molar-refractivity contribution in [3.05, 3.63) is 23.9 Å². The van der Waals surface area contributed by atoms with Gasteiger partial charge in [-0.1, -0.05) is 13.8 Å². The lowest BCUT2D eigenvalue weighted by atomic mass is 9.95. The Morgan fingerprint density at radius 2 is 2.31 bits per heavy atom. The van der Waals surface area contributed by atoms with E-state index in [0.29, 0.717) is 12.1 Å². The van der Waals surface area contributed by atoms with E-state index < -0.39 is 0 Å². The number of amides is 1. The number of rotatable bonds is 4. The van der Waals surface area contributed by atoms with Crippen LogP contribution < -0.4 is 11.1 Å². The van der Waals surface area contributed by atoms with E-state index in [1.54, 1.807) is 12.1 Å². The van der Waals surface area contributed by atoms with Crippen molar-refractivity contribution in [2.75, 3.05) is 18.9 Å². The van der Waals surface area contributed by atoms with Gasteiger partial charge in [0.2, 0.25) is 0 Å². The van der Waals surface area contributed by atoms with Gasteiger partial charge in [-0.25, -0.2) is 4.98 Å². The van der Waals surface area contributed by atoms with Crippen LogP contribution in [-0.2, 0) is 0 Å². The molecule has 0 bridgehead atoms. The largest absolute Gasteiger partial charge is 0.396 e. The van der Waals surface area contributed by atoms with Crippen molar-refractivity contribution >= 4 is 11.7 Å². The number of hydrogen-bond donors (Lipinski definition) is 3. The molecule has 5 nitrogen and oxygen atoms in total. The van der Waals surface area contributed by atoms with Crippen molar-refractivity contribution in [2.24, 2.45) is 5.41 Å². The standard InChI is InChI=1S/C11H17N3O2/c1-11(2,7-15)6-14-10(16)8-4-3-5-13-9(8)12/h3-5,15H,6-7H2,1-2H3,(H2,12,13)(H,14,16). The molecule has 88 valence electrons. The zero-order valence-electron chi connectivity index (χ0n) is 9.53. The molecule has 0 saturated heterocycles. The molecule has 0 fully saturated rings. The molecule has 1 aromatic heterocycles. The highest BCUT2D eigenvalue weighted by Crippen LogP contribution is 2.12. The van der Waals surface area contributed by atoms with Crippen molar-refractivity contribution in [1.29, 1.82) is 0 Å². The normalized spacial score (nSPS) is 11.2. The maximum absolute atomic E-state index is 11.7. The number of nitrogen functional groups attached to an aromatic ring is 1. The fraction of sp³-hybridized carbons (Fsp3) is 0.455. The van der Waals surface area contributed by atoms with E-state index in [9.17, 15) is 4.79 Å². The summed E-state index contributed by atoms with van der Waals surface area (Å²) in [5, 5.41) is 11.8. The van der Waals surface area contributed by atoms with Gasteiger partial charge in [-0.2, -0.15) is 0 Å². The van der Waals surface area contributed by atoms with Crippen LogP contribution in [0.5, 0.6) is 0 Å². The molecule has 0 unspecified atom stereocenters. The average Bonchev–Trinajstić information content (AvgIpc) is 2.27. The van der Waals surface area contributed by atoms with E-state index in [-0.39, 0.29) is 23.7 Å². The lowest BCUT2D eigenvalue weighted by Gasteiger charge is -2.21. The predicted molar refractivity (Wildman–Crippen MR) is 61.8 cm³/mol. The van der Waals surface area contributed by atoms with E-state index in [2.05, 4.69) is 10.3 Å². The number of carbonyl (C=O) groups is 1. The van der Waals surface area contributed by atoms with Crippen LogP contribution >= 0.6 is 0 Å². The van der Waals surface area contributed by atoms with Gasteiger partial charge in [0, 0.05) is 24.8 Å². The Bertz CT molecular complexity index is 377. The molecular formula is C11H17N3O2. The van der Waals surface area contributed by atoms with Gasteiger partial charge in [0.25, 0.3) is 5.91 Å². The number of carbonyl (C=O) groups excluding carboxylic acids is 1. The van der Waals surface area contributed by atoms with Gasteiger partial charge in [0.15, 0.2) is 0 Å². The van der Waals surface area contributed by atoms with Crippen LogP contribution in [0.3, 0.4) is 0 Å². The third-order valence-electron chi connectivity index (χ3n) is 2.24. The summed E-state index contributed by atoms with van der Waals surface area (Å²) in [5.41, 5.74) is 5.59. The average molecular weight is 223 g/mol. The molecule has 1 rings (SSSR count). The zero-order chi connectivity index (χ0) is 12.2. The SMILES string of the molecule is CC(C)(CO)CNC(=O)c1cccnc1N. The number of nitrogens with two attached hydrogens (primary N) is 1. The number of nitrogens with zero attached hydrogens (tertiary/aromatic N) is 1. The van der Waals surface area contributed by atoms with Crippen LogP contribution in [-0.4, -0.2) is 29.1 Å². The van der Waals surface area contributed by atoms with Gasteiger partial charge in [-0.15, -0.1) is 0 Å². The van der Waals surface area contributed by atoms with Crippen LogP contribution in [0, 0.1) is 5.41 Å². The second-order valence-electron chi connectivity index (χ2n) is 4.44. The summed E-state index contributed by atoms with van der Waals surface area (Å²) in [6, 6.07) is 3.27. The summed E-state index contributed by atoms with van der Waals surface area (Å²) in [6.07, 6.45) is 1.53. The van der Waals surface area contributed by atoms with Crippen LogP contribution in [0.15, 0.2) is 18.3 Å². The Morgan fingerprint density at radius 3 is 2.88 bits per heavy atom. The van der Waals surface area contributed by atoms with Crippen LogP contribution in [0.4, 0.5) is 5.82 Å². The van der Waals surface area contributed by atoms with Gasteiger partial charge in [0.1, 0.15) is 5.82 Å². The van der Waals surface area contributed by atoms with E-state index in [0.717, 1.165) is 0 Å². The molecule has 0 aliphatic rings. The Hall–Kier alpha value is -1.62. The highest BCUT2D eigenvalue weighted by Gasteiger charge is 2.18. The minimum Gasteiger partial charge on any atom is -0.396 e. The molecule has 0 saturated carbocycles. The molecule has 0 radical (unpaired) electrons. The van der Waals surface area contributed by atoms with Gasteiger partial charge >= 0.3 is 0 Å². The molecule has 0 aromatic carbocycles. The van der Waals surface area contributed by atoms with Gasteiger partial charge in [-0.05, 0) is 12.1 Å². The fourth-order valence-corrected chi connectivity index (χ4v) is 1.08. The molecular weight excluding hydrogens is 206 g/mol. The first-order valence-corrected chi connectivity index (χ1v) is 5.06. The number of pyridine rings is 1. The minimum absolute atomic E-state index is 0.00972. The van der Waals surface area contributed by atoms with Gasteiger partial charge in [0.05, 0.1) is 5.56 Å². The highest BCUT2D eigenvalue weighted by atomic mass is 16.3. The first-order valence-electron chi connectivity index (χ1n) is 5.06. The van der Waals surface area contributed by atoms with Crippen LogP contribution in [0.25, 0.3) is 0 Å². The molecule has 5 heteroatoms. The van der Waals surface area contributed by atoms with E-state index in [4.69, 9.17) is 10.8 Å². The Labute approximate surface area is 94.7 Å². The smallest absolute Gasteiger partial charge is 0.255 e. The molecule has 1 aromatic rings.